The number of hydrogen-bond donors (Lipinski definition) is 1. The second kappa shape index (κ2) is 6.77. The van der Waals surface area contributed by atoms with E-state index in [0.29, 0.717) is 17.2 Å². The van der Waals surface area contributed by atoms with Gasteiger partial charge in [-0.25, -0.2) is 0 Å². The van der Waals surface area contributed by atoms with Crippen molar-refractivity contribution < 1.29 is 4.79 Å². The Kier molecular flexibility index (Phi) is 4.67. The molecule has 24 heavy (non-hydrogen) atoms. The summed E-state index contributed by atoms with van der Waals surface area (Å²) in [5, 5.41) is 3.42. The zero-order chi connectivity index (χ0) is 16.6. The van der Waals surface area contributed by atoms with Crippen LogP contribution in [0.5, 0.6) is 0 Å². The van der Waals surface area contributed by atoms with Gasteiger partial charge in [-0.3, -0.25) is 9.69 Å². The first kappa shape index (κ1) is 16.6. The molecule has 2 aliphatic heterocycles. The maximum absolute atomic E-state index is 12.8. The lowest BCUT2D eigenvalue weighted by molar-refractivity contribution is -0.135. The summed E-state index contributed by atoms with van der Waals surface area (Å²) < 4.78 is 0. The third-order valence-corrected chi connectivity index (χ3v) is 7.43. The SMILES string of the molecule is CCc1ccc(CN2CCN(C(=O)C3CC34CCNCC4)CC2)s1. The number of carbonyl (C=O) groups is 1. The van der Waals surface area contributed by atoms with Crippen LogP contribution in [0.15, 0.2) is 12.1 Å². The first-order chi connectivity index (χ1) is 11.7. The number of aryl methyl sites for hydroxylation is 1. The van der Waals surface area contributed by atoms with Gasteiger partial charge in [0.05, 0.1) is 0 Å². The Bertz CT molecular complexity index is 585. The maximum atomic E-state index is 12.8. The summed E-state index contributed by atoms with van der Waals surface area (Å²) in [6.45, 7) is 9.32. The predicted octanol–water partition coefficient (Wildman–Crippen LogP) is 2.34. The number of nitrogens with zero attached hydrogens (tertiary/aromatic N) is 2. The van der Waals surface area contributed by atoms with Crippen molar-refractivity contribution in [1.29, 1.82) is 0 Å². The summed E-state index contributed by atoms with van der Waals surface area (Å²) in [4.78, 5) is 20.4. The van der Waals surface area contributed by atoms with E-state index in [9.17, 15) is 4.79 Å². The van der Waals surface area contributed by atoms with Crippen molar-refractivity contribution in [2.24, 2.45) is 11.3 Å². The zero-order valence-corrected chi connectivity index (χ0v) is 15.5. The van der Waals surface area contributed by atoms with Gasteiger partial charge >= 0.3 is 0 Å². The molecule has 1 N–H and O–H groups in total. The summed E-state index contributed by atoms with van der Waals surface area (Å²) in [5.41, 5.74) is 0.368. The molecule has 1 saturated carbocycles. The van der Waals surface area contributed by atoms with Crippen LogP contribution in [0.3, 0.4) is 0 Å². The third kappa shape index (κ3) is 3.26. The molecule has 1 amide bonds. The lowest BCUT2D eigenvalue weighted by atomic mass is 9.91. The van der Waals surface area contributed by atoms with Crippen molar-refractivity contribution in [1.82, 2.24) is 15.1 Å². The van der Waals surface area contributed by atoms with Crippen molar-refractivity contribution in [3.05, 3.63) is 21.9 Å². The molecule has 1 spiro atoms. The van der Waals surface area contributed by atoms with E-state index >= 15 is 0 Å². The van der Waals surface area contributed by atoms with Gasteiger partial charge < -0.3 is 10.2 Å². The smallest absolute Gasteiger partial charge is 0.226 e. The van der Waals surface area contributed by atoms with E-state index in [1.165, 1.54) is 22.6 Å². The van der Waals surface area contributed by atoms with E-state index in [0.717, 1.165) is 58.7 Å². The monoisotopic (exact) mass is 347 g/mol. The van der Waals surface area contributed by atoms with Gasteiger partial charge in [0.15, 0.2) is 0 Å². The van der Waals surface area contributed by atoms with Crippen molar-refractivity contribution in [3.8, 4) is 0 Å². The van der Waals surface area contributed by atoms with Crippen LogP contribution >= 0.6 is 11.3 Å². The van der Waals surface area contributed by atoms with Gasteiger partial charge in [0.25, 0.3) is 0 Å². The van der Waals surface area contributed by atoms with Crippen molar-refractivity contribution in [2.75, 3.05) is 39.3 Å². The Morgan fingerprint density at radius 2 is 1.92 bits per heavy atom. The average molecular weight is 348 g/mol. The van der Waals surface area contributed by atoms with E-state index in [4.69, 9.17) is 0 Å². The van der Waals surface area contributed by atoms with E-state index < -0.39 is 0 Å². The first-order valence-electron chi connectivity index (χ1n) is 9.50. The van der Waals surface area contributed by atoms with Crippen molar-refractivity contribution in [3.63, 3.8) is 0 Å². The van der Waals surface area contributed by atoms with Gasteiger partial charge in [0, 0.05) is 48.4 Å². The van der Waals surface area contributed by atoms with Crippen LogP contribution in [0.4, 0.5) is 0 Å². The molecule has 1 unspecified atom stereocenters. The lowest BCUT2D eigenvalue weighted by Gasteiger charge is -2.35. The molecular weight excluding hydrogens is 318 g/mol. The fourth-order valence-electron chi connectivity index (χ4n) is 4.44. The molecule has 5 heteroatoms. The molecule has 3 fully saturated rings. The Morgan fingerprint density at radius 1 is 1.21 bits per heavy atom. The highest BCUT2D eigenvalue weighted by molar-refractivity contribution is 7.11. The summed E-state index contributed by atoms with van der Waals surface area (Å²) >= 11 is 1.94. The van der Waals surface area contributed by atoms with Crippen molar-refractivity contribution >= 4 is 17.2 Å². The highest BCUT2D eigenvalue weighted by Crippen LogP contribution is 2.59. The number of thiophene rings is 1. The topological polar surface area (TPSA) is 35.6 Å². The van der Waals surface area contributed by atoms with E-state index in [1.54, 1.807) is 0 Å². The van der Waals surface area contributed by atoms with Gasteiger partial charge in [-0.15, -0.1) is 11.3 Å². The minimum atomic E-state index is 0.329. The van der Waals surface area contributed by atoms with Crippen LogP contribution in [-0.2, 0) is 17.8 Å². The van der Waals surface area contributed by atoms with Gasteiger partial charge in [0.1, 0.15) is 0 Å². The van der Waals surface area contributed by atoms with Gasteiger partial charge in [-0.05, 0) is 56.3 Å². The number of nitrogens with one attached hydrogen (secondary N) is 1. The Balaban J connectivity index is 1.26. The van der Waals surface area contributed by atoms with Crippen LogP contribution in [0.2, 0.25) is 0 Å². The standard InChI is InChI=1S/C19H29N3OS/c1-2-15-3-4-16(24-15)14-21-9-11-22(12-10-21)18(23)17-13-19(17)5-7-20-8-6-19/h3-4,17,20H,2,5-14H2,1H3. The summed E-state index contributed by atoms with van der Waals surface area (Å²) in [6, 6.07) is 4.53. The maximum Gasteiger partial charge on any atom is 0.226 e. The average Bonchev–Trinajstić information content (AvgIpc) is 3.10. The normalized spacial score (nSPS) is 26.7. The first-order valence-corrected chi connectivity index (χ1v) is 10.3. The van der Waals surface area contributed by atoms with Crippen molar-refractivity contribution in [2.45, 2.75) is 39.2 Å². The molecule has 1 atom stereocenters. The Morgan fingerprint density at radius 3 is 2.58 bits per heavy atom. The Labute approximate surface area is 149 Å². The molecule has 0 aromatic carbocycles. The number of amides is 1. The molecule has 1 aromatic rings. The lowest BCUT2D eigenvalue weighted by Crippen LogP contribution is -2.49. The molecule has 3 aliphatic rings. The summed E-state index contributed by atoms with van der Waals surface area (Å²) in [7, 11) is 0. The zero-order valence-electron chi connectivity index (χ0n) is 14.7. The molecule has 0 radical (unpaired) electrons. The number of piperazine rings is 1. The van der Waals surface area contributed by atoms with Gasteiger partial charge in [-0.1, -0.05) is 6.92 Å². The van der Waals surface area contributed by atoms with E-state index in [-0.39, 0.29) is 0 Å². The molecule has 1 aromatic heterocycles. The Hall–Kier alpha value is -0.910. The number of carbonyl (C=O) groups excluding carboxylic acids is 1. The summed E-state index contributed by atoms with van der Waals surface area (Å²) in [5.74, 6) is 0.775. The van der Waals surface area contributed by atoms with Crippen LogP contribution in [0.1, 0.15) is 35.9 Å². The molecule has 4 rings (SSSR count). The highest BCUT2D eigenvalue weighted by atomic mass is 32.1. The van der Waals surface area contributed by atoms with Gasteiger partial charge in [-0.2, -0.15) is 0 Å². The minimum Gasteiger partial charge on any atom is -0.340 e. The highest BCUT2D eigenvalue weighted by Gasteiger charge is 2.58. The fraction of sp³-hybridized carbons (Fsp3) is 0.737. The number of rotatable bonds is 4. The summed E-state index contributed by atoms with van der Waals surface area (Å²) in [6.07, 6.45) is 4.66. The second-order valence-corrected chi connectivity index (χ2v) is 8.94. The van der Waals surface area contributed by atoms with E-state index in [1.807, 2.05) is 11.3 Å². The van der Waals surface area contributed by atoms with Crippen LogP contribution in [0.25, 0.3) is 0 Å². The quantitative estimate of drug-likeness (QED) is 0.908. The molecule has 2 saturated heterocycles. The minimum absolute atomic E-state index is 0.329. The molecule has 1 aliphatic carbocycles. The third-order valence-electron chi connectivity index (χ3n) is 6.22. The molecule has 3 heterocycles. The van der Waals surface area contributed by atoms with E-state index in [2.05, 4.69) is 34.2 Å². The number of hydrogen-bond acceptors (Lipinski definition) is 4. The van der Waals surface area contributed by atoms with Crippen LogP contribution in [-0.4, -0.2) is 55.0 Å². The largest absolute Gasteiger partial charge is 0.340 e. The second-order valence-electron chi connectivity index (χ2n) is 7.69. The van der Waals surface area contributed by atoms with Gasteiger partial charge in [0.2, 0.25) is 5.91 Å². The number of piperidine rings is 1. The predicted molar refractivity (Wildman–Crippen MR) is 98.2 cm³/mol. The molecular formula is C19H29N3OS. The van der Waals surface area contributed by atoms with Crippen LogP contribution < -0.4 is 5.32 Å². The van der Waals surface area contributed by atoms with Crippen LogP contribution in [0, 0.1) is 11.3 Å². The molecule has 132 valence electrons. The molecule has 4 nitrogen and oxygen atoms in total. The fourth-order valence-corrected chi connectivity index (χ4v) is 5.44. The molecule has 0 bridgehead atoms.